The van der Waals surface area contributed by atoms with Crippen LogP contribution >= 0.6 is 22.7 Å². The molecule has 4 aromatic heterocycles. The van der Waals surface area contributed by atoms with E-state index in [2.05, 4.69) is 226 Å². The van der Waals surface area contributed by atoms with Gasteiger partial charge in [-0.25, -0.2) is 0 Å². The number of para-hydroxylation sites is 2. The molecule has 0 radical (unpaired) electrons. The molecule has 12 aromatic rings. The maximum absolute atomic E-state index is 5.70. The van der Waals surface area contributed by atoms with Crippen LogP contribution in [0.15, 0.2) is 193 Å². The van der Waals surface area contributed by atoms with E-state index < -0.39 is 5.41 Å². The van der Waals surface area contributed by atoms with E-state index in [1.807, 2.05) is 22.7 Å². The summed E-state index contributed by atoms with van der Waals surface area (Å²) in [6.45, 7) is 6.22. The van der Waals surface area contributed by atoms with Gasteiger partial charge in [0.1, 0.15) is 11.5 Å². The van der Waals surface area contributed by atoms with Crippen LogP contribution in [-0.2, 0) is 18.5 Å². The molecule has 0 aliphatic heterocycles. The first kappa shape index (κ1) is 41.9. The van der Waals surface area contributed by atoms with Crippen molar-refractivity contribution in [3.05, 3.63) is 215 Å². The molecule has 1 spiro atoms. The largest absolute Gasteiger partial charge is 0.497 e. The fourth-order valence-corrected chi connectivity index (χ4v) is 14.4. The molecule has 0 unspecified atom stereocenters. The van der Waals surface area contributed by atoms with Crippen molar-refractivity contribution in [3.8, 4) is 32.4 Å². The molecule has 0 fully saturated rings. The second-order valence-electron chi connectivity index (χ2n) is 18.5. The number of hydrogen-bond acceptors (Lipinski definition) is 6. The number of aromatic nitrogens is 2. The normalized spacial score (nSPS) is 13.0. The zero-order chi connectivity index (χ0) is 47.5. The van der Waals surface area contributed by atoms with Crippen LogP contribution in [0.25, 0.3) is 64.5 Å². The van der Waals surface area contributed by atoms with Crippen LogP contribution in [-0.4, -0.2) is 23.4 Å². The first-order valence-electron chi connectivity index (χ1n) is 24.4. The van der Waals surface area contributed by atoms with Crippen LogP contribution < -0.4 is 19.3 Å². The fraction of sp³-hybridized carbons (Fsp3) is 0.111. The Morgan fingerprint density at radius 2 is 0.775 bits per heavy atom. The maximum Gasteiger partial charge on any atom is 0.119 e. The first-order valence-corrected chi connectivity index (χ1v) is 26.1. The highest BCUT2D eigenvalue weighted by atomic mass is 32.1. The number of methoxy groups -OCH3 is 2. The third kappa shape index (κ3) is 5.92. The number of aryl methyl sites for hydroxylation is 2. The zero-order valence-electron chi connectivity index (χ0n) is 39.8. The molecule has 2 aliphatic carbocycles. The molecule has 14 rings (SSSR count). The SMILES string of the molecule is CCn1c2ccccc2c2ccc(N(c3ccc(OC)cc3)c3ccc4c(c3)C3(c5cc(N(c6ccc(OC)cc6)c6ccc7c8ccccc8n(CC)c7c6)ccc5-4)c4ccsc4-c4sccc43)cc21. The van der Waals surface area contributed by atoms with Crippen LogP contribution in [0.5, 0.6) is 11.5 Å². The van der Waals surface area contributed by atoms with Crippen LogP contribution in [0.2, 0.25) is 0 Å². The number of nitrogens with zero attached hydrogens (tertiary/aromatic N) is 4. The Morgan fingerprint density at radius 3 is 1.20 bits per heavy atom. The van der Waals surface area contributed by atoms with Crippen molar-refractivity contribution in [2.75, 3.05) is 24.0 Å². The second kappa shape index (κ2) is 16.0. The van der Waals surface area contributed by atoms with E-state index in [4.69, 9.17) is 9.47 Å². The van der Waals surface area contributed by atoms with Gasteiger partial charge in [-0.3, -0.25) is 0 Å². The van der Waals surface area contributed by atoms with E-state index in [-0.39, 0.29) is 0 Å². The topological polar surface area (TPSA) is 34.8 Å². The van der Waals surface area contributed by atoms with Gasteiger partial charge in [-0.1, -0.05) is 60.7 Å². The average Bonchev–Trinajstić information content (AvgIpc) is 4.29. The molecule has 0 bridgehead atoms. The Bertz CT molecular complexity index is 3820. The highest BCUT2D eigenvalue weighted by molar-refractivity contribution is 7.21. The van der Waals surface area contributed by atoms with E-state index in [0.717, 1.165) is 58.7 Å². The average molecular weight is 957 g/mol. The fourth-order valence-electron chi connectivity index (χ4n) is 12.3. The summed E-state index contributed by atoms with van der Waals surface area (Å²) in [5.74, 6) is 1.65. The van der Waals surface area contributed by atoms with E-state index in [0.29, 0.717) is 0 Å². The Morgan fingerprint density at radius 1 is 0.394 bits per heavy atom. The lowest BCUT2D eigenvalue weighted by atomic mass is 9.71. The lowest BCUT2D eigenvalue weighted by Gasteiger charge is -2.32. The smallest absolute Gasteiger partial charge is 0.119 e. The van der Waals surface area contributed by atoms with E-state index >= 15 is 0 Å². The van der Waals surface area contributed by atoms with Gasteiger partial charge >= 0.3 is 0 Å². The molecule has 2 aliphatic rings. The van der Waals surface area contributed by atoms with Gasteiger partial charge in [0, 0.05) is 89.5 Å². The zero-order valence-corrected chi connectivity index (χ0v) is 41.4. The van der Waals surface area contributed by atoms with Gasteiger partial charge in [-0.05, 0) is 179 Å². The molecule has 8 heteroatoms. The van der Waals surface area contributed by atoms with Crippen LogP contribution in [0.1, 0.15) is 36.1 Å². The van der Waals surface area contributed by atoms with E-state index in [1.165, 1.54) is 86.7 Å². The Balaban J connectivity index is 0.991. The Kier molecular flexibility index (Phi) is 9.44. The molecule has 0 saturated carbocycles. The van der Waals surface area contributed by atoms with Gasteiger partial charge < -0.3 is 28.4 Å². The lowest BCUT2D eigenvalue weighted by molar-refractivity contribution is 0.414. The maximum atomic E-state index is 5.70. The number of benzene rings is 8. The quantitative estimate of drug-likeness (QED) is 0.137. The first-order chi connectivity index (χ1) is 35.0. The van der Waals surface area contributed by atoms with E-state index in [9.17, 15) is 0 Å². The summed E-state index contributed by atoms with van der Waals surface area (Å²) in [5, 5.41) is 9.65. The molecule has 0 saturated heterocycles. The number of rotatable bonds is 10. The lowest BCUT2D eigenvalue weighted by Crippen LogP contribution is -2.26. The number of anilines is 6. The molecule has 344 valence electrons. The minimum atomic E-state index is -0.546. The van der Waals surface area contributed by atoms with Crippen molar-refractivity contribution in [1.82, 2.24) is 9.13 Å². The van der Waals surface area contributed by atoms with Gasteiger partial charge in [0.2, 0.25) is 0 Å². The highest BCUT2D eigenvalue weighted by Crippen LogP contribution is 2.66. The molecule has 0 amide bonds. The highest BCUT2D eigenvalue weighted by Gasteiger charge is 2.53. The van der Waals surface area contributed by atoms with Gasteiger partial charge in [-0.15, -0.1) is 22.7 Å². The molecular weight excluding hydrogens is 909 g/mol. The molecule has 0 N–H and O–H groups in total. The molecular formula is C63H48N4O2S2. The monoisotopic (exact) mass is 956 g/mol. The summed E-state index contributed by atoms with van der Waals surface area (Å²) < 4.78 is 16.3. The minimum absolute atomic E-state index is 0.546. The van der Waals surface area contributed by atoms with Gasteiger partial charge in [0.15, 0.2) is 0 Å². The van der Waals surface area contributed by atoms with Crippen molar-refractivity contribution in [3.63, 3.8) is 0 Å². The van der Waals surface area contributed by atoms with Crippen LogP contribution in [0.3, 0.4) is 0 Å². The second-order valence-corrected chi connectivity index (χ2v) is 20.4. The summed E-state index contributed by atoms with van der Waals surface area (Å²) in [4.78, 5) is 7.57. The van der Waals surface area contributed by atoms with Crippen molar-refractivity contribution in [2.45, 2.75) is 32.4 Å². The van der Waals surface area contributed by atoms with Crippen molar-refractivity contribution in [2.24, 2.45) is 0 Å². The molecule has 71 heavy (non-hydrogen) atoms. The molecule has 8 aromatic carbocycles. The predicted octanol–water partition coefficient (Wildman–Crippen LogP) is 17.4. The van der Waals surface area contributed by atoms with E-state index in [1.54, 1.807) is 14.2 Å². The predicted molar refractivity (Wildman–Crippen MR) is 298 cm³/mol. The summed E-state index contributed by atoms with van der Waals surface area (Å²) in [7, 11) is 3.46. The number of thiophene rings is 2. The van der Waals surface area contributed by atoms with Gasteiger partial charge in [0.25, 0.3) is 0 Å². The van der Waals surface area contributed by atoms with Gasteiger partial charge in [0.05, 0.1) is 30.7 Å². The third-order valence-electron chi connectivity index (χ3n) is 15.3. The summed E-state index contributed by atoms with van der Waals surface area (Å²) in [5.41, 5.74) is 18.7. The molecule has 0 atom stereocenters. The van der Waals surface area contributed by atoms with Crippen molar-refractivity contribution >= 4 is 100 Å². The summed E-state index contributed by atoms with van der Waals surface area (Å²) in [6, 6.07) is 67.6. The van der Waals surface area contributed by atoms with Crippen molar-refractivity contribution in [1.29, 1.82) is 0 Å². The molecule has 4 heterocycles. The standard InChI is InChI=1S/C63H48N4O2S2/c1-5-64-57-13-9-7-11-49(57)51-29-21-43(37-59(51)64)66(39-15-23-45(68-3)24-16-39)41-19-27-47-48-28-20-42(36-56(48)63(55(47)35-41)53-31-33-70-61(53)62-54(63)32-34-71-62)67(40-17-25-46(69-4)26-18-40)44-22-30-52-50-12-8-10-14-58(50)65(6-2)60(52)38-44/h7-38H,5-6H2,1-4H3. The third-order valence-corrected chi connectivity index (χ3v) is 17.3. The summed E-state index contributed by atoms with van der Waals surface area (Å²) >= 11 is 3.72. The van der Waals surface area contributed by atoms with Crippen molar-refractivity contribution < 1.29 is 9.47 Å². The number of ether oxygens (including phenoxy) is 2. The summed E-state index contributed by atoms with van der Waals surface area (Å²) in [6.07, 6.45) is 0. The van der Waals surface area contributed by atoms with Crippen LogP contribution in [0, 0.1) is 0 Å². The Labute approximate surface area is 420 Å². The van der Waals surface area contributed by atoms with Gasteiger partial charge in [-0.2, -0.15) is 0 Å². The molecule has 6 nitrogen and oxygen atoms in total. The number of fused-ring (bicyclic) bond motifs is 16. The van der Waals surface area contributed by atoms with Crippen LogP contribution in [0.4, 0.5) is 34.1 Å². The minimum Gasteiger partial charge on any atom is -0.497 e. The number of hydrogen-bond donors (Lipinski definition) is 0. The Hall–Kier alpha value is -8.04.